The number of carbonyl (C=O) groups excluding carboxylic acids is 1. The number of amides is 1. The van der Waals surface area contributed by atoms with E-state index in [1.807, 2.05) is 30.3 Å². The van der Waals surface area contributed by atoms with Gasteiger partial charge in [0.1, 0.15) is 11.8 Å². The van der Waals surface area contributed by atoms with Crippen LogP contribution in [0.2, 0.25) is 0 Å². The number of aromatic nitrogens is 4. The summed E-state index contributed by atoms with van der Waals surface area (Å²) in [4.78, 5) is 29.7. The molecule has 1 aliphatic heterocycles. The molecule has 1 saturated carbocycles. The number of nitrogens with zero attached hydrogens (tertiary/aromatic N) is 6. The lowest BCUT2D eigenvalue weighted by molar-refractivity contribution is -0.135. The number of hydrogen-bond acceptors (Lipinski definition) is 7. The predicted molar refractivity (Wildman–Crippen MR) is 128 cm³/mol. The highest BCUT2D eigenvalue weighted by Crippen LogP contribution is 2.38. The number of hydrogen-bond donors (Lipinski definition) is 0. The van der Waals surface area contributed by atoms with Gasteiger partial charge in [0.2, 0.25) is 5.91 Å². The molecular formula is C25H28N6O3. The summed E-state index contributed by atoms with van der Waals surface area (Å²) in [5.74, 6) is 2.05. The van der Waals surface area contributed by atoms with Crippen LogP contribution in [0.5, 0.6) is 5.75 Å². The van der Waals surface area contributed by atoms with E-state index in [0.717, 1.165) is 22.8 Å². The van der Waals surface area contributed by atoms with E-state index in [1.165, 1.54) is 23.6 Å². The van der Waals surface area contributed by atoms with Crippen molar-refractivity contribution < 1.29 is 9.53 Å². The van der Waals surface area contributed by atoms with Crippen LogP contribution in [0, 0.1) is 0 Å². The second-order valence-electron chi connectivity index (χ2n) is 8.81. The summed E-state index contributed by atoms with van der Waals surface area (Å²) in [5, 5.41) is 13.2. The molecule has 1 amide bonds. The third kappa shape index (κ3) is 4.50. The molecule has 1 unspecified atom stereocenters. The zero-order valence-corrected chi connectivity index (χ0v) is 19.4. The highest BCUT2D eigenvalue weighted by atomic mass is 16.5. The van der Waals surface area contributed by atoms with Crippen molar-refractivity contribution >= 4 is 11.7 Å². The van der Waals surface area contributed by atoms with Crippen LogP contribution in [0.15, 0.2) is 53.3 Å². The van der Waals surface area contributed by atoms with E-state index in [9.17, 15) is 9.59 Å². The van der Waals surface area contributed by atoms with E-state index < -0.39 is 6.04 Å². The van der Waals surface area contributed by atoms with Crippen molar-refractivity contribution in [3.05, 3.63) is 64.6 Å². The molecule has 1 aliphatic carbocycles. The molecule has 0 N–H and O–H groups in total. The highest BCUT2D eigenvalue weighted by Gasteiger charge is 2.29. The standard InChI is InChI=1S/C25H28N6O3/c1-17(31-24(32)12-10-22(28-31)19-5-7-20(34-2)8-6-19)25(33)30-15-13-29(14-16-30)23-11-9-21(26-27-23)18-3-4-18/h5-12,17-18H,3-4,13-16H2,1-2H3. The molecule has 3 heterocycles. The average molecular weight is 461 g/mol. The maximum absolute atomic E-state index is 13.2. The van der Waals surface area contributed by atoms with Crippen LogP contribution in [0.3, 0.4) is 0 Å². The molecular weight excluding hydrogens is 432 g/mol. The zero-order valence-electron chi connectivity index (χ0n) is 19.4. The lowest BCUT2D eigenvalue weighted by Gasteiger charge is -2.36. The Morgan fingerprint density at radius 1 is 0.971 bits per heavy atom. The summed E-state index contributed by atoms with van der Waals surface area (Å²) in [6, 6.07) is 13.9. The predicted octanol–water partition coefficient (Wildman–Crippen LogP) is 2.50. The quantitative estimate of drug-likeness (QED) is 0.558. The molecule has 1 saturated heterocycles. The molecule has 0 bridgehead atoms. The first kappa shape index (κ1) is 22.1. The van der Waals surface area contributed by atoms with Gasteiger partial charge in [0, 0.05) is 43.7 Å². The van der Waals surface area contributed by atoms with Crippen LogP contribution in [0.4, 0.5) is 5.82 Å². The SMILES string of the molecule is COc1ccc(-c2ccc(=O)n(C(C)C(=O)N3CCN(c4ccc(C5CC5)nn4)CC3)n2)cc1. The first-order valence-electron chi connectivity index (χ1n) is 11.6. The number of rotatable bonds is 6. The van der Waals surface area contributed by atoms with Gasteiger partial charge in [-0.05, 0) is 62.2 Å². The number of ether oxygens (including phenoxy) is 1. The van der Waals surface area contributed by atoms with Crippen LogP contribution in [-0.4, -0.2) is 64.1 Å². The fraction of sp³-hybridized carbons (Fsp3) is 0.400. The Morgan fingerprint density at radius 3 is 2.32 bits per heavy atom. The number of methoxy groups -OCH3 is 1. The van der Waals surface area contributed by atoms with Gasteiger partial charge >= 0.3 is 0 Å². The molecule has 3 aromatic rings. The Bertz CT molecular complexity index is 1210. The summed E-state index contributed by atoms with van der Waals surface area (Å²) in [7, 11) is 1.61. The Morgan fingerprint density at radius 2 is 1.71 bits per heavy atom. The lowest BCUT2D eigenvalue weighted by atomic mass is 10.1. The first-order valence-corrected chi connectivity index (χ1v) is 11.6. The summed E-state index contributed by atoms with van der Waals surface area (Å²) < 4.78 is 6.48. The Labute approximate surface area is 198 Å². The van der Waals surface area contributed by atoms with E-state index in [2.05, 4.69) is 26.3 Å². The van der Waals surface area contributed by atoms with Crippen LogP contribution in [-0.2, 0) is 4.79 Å². The van der Waals surface area contributed by atoms with E-state index in [-0.39, 0.29) is 11.5 Å². The van der Waals surface area contributed by atoms with Crippen LogP contribution >= 0.6 is 0 Å². The van der Waals surface area contributed by atoms with Gasteiger partial charge in [-0.15, -0.1) is 5.10 Å². The lowest BCUT2D eigenvalue weighted by Crippen LogP contribution is -2.51. The van der Waals surface area contributed by atoms with Crippen molar-refractivity contribution in [3.8, 4) is 17.0 Å². The second-order valence-corrected chi connectivity index (χ2v) is 8.81. The van der Waals surface area contributed by atoms with Crippen LogP contribution in [0.25, 0.3) is 11.3 Å². The zero-order chi connectivity index (χ0) is 23.7. The van der Waals surface area contributed by atoms with Gasteiger partial charge in [-0.25, -0.2) is 4.68 Å². The van der Waals surface area contributed by atoms with Crippen molar-refractivity contribution in [3.63, 3.8) is 0 Å². The number of carbonyl (C=O) groups is 1. The van der Waals surface area contributed by atoms with Gasteiger partial charge in [-0.3, -0.25) is 9.59 Å². The van der Waals surface area contributed by atoms with Crippen molar-refractivity contribution in [2.75, 3.05) is 38.2 Å². The molecule has 2 aliphatic rings. The van der Waals surface area contributed by atoms with Gasteiger partial charge in [-0.1, -0.05) is 0 Å². The molecule has 2 fully saturated rings. The molecule has 176 valence electrons. The van der Waals surface area contributed by atoms with E-state index in [0.29, 0.717) is 37.8 Å². The number of piperazine rings is 1. The van der Waals surface area contributed by atoms with Crippen LogP contribution < -0.4 is 15.2 Å². The Hall–Kier alpha value is -3.75. The monoisotopic (exact) mass is 460 g/mol. The second kappa shape index (κ2) is 9.24. The fourth-order valence-corrected chi connectivity index (χ4v) is 4.24. The van der Waals surface area contributed by atoms with Crippen molar-refractivity contribution in [2.45, 2.75) is 31.7 Å². The Balaban J connectivity index is 1.25. The molecule has 9 heteroatoms. The molecule has 0 spiro atoms. The average Bonchev–Trinajstić information content (AvgIpc) is 3.74. The largest absolute Gasteiger partial charge is 0.497 e. The maximum atomic E-state index is 13.2. The molecule has 5 rings (SSSR count). The fourth-order valence-electron chi connectivity index (χ4n) is 4.24. The van der Waals surface area contributed by atoms with Crippen LogP contribution in [0.1, 0.15) is 37.4 Å². The molecule has 1 atom stereocenters. The molecule has 9 nitrogen and oxygen atoms in total. The van der Waals surface area contributed by atoms with E-state index >= 15 is 0 Å². The van der Waals surface area contributed by atoms with Crippen molar-refractivity contribution in [1.29, 1.82) is 0 Å². The topological polar surface area (TPSA) is 93.5 Å². The van der Waals surface area contributed by atoms with Crippen molar-refractivity contribution in [1.82, 2.24) is 24.9 Å². The normalized spacial score (nSPS) is 16.9. The smallest absolute Gasteiger partial charge is 0.267 e. The van der Waals surface area contributed by atoms with Gasteiger partial charge in [0.25, 0.3) is 5.56 Å². The molecule has 1 aromatic carbocycles. The first-order chi connectivity index (χ1) is 16.5. The number of benzene rings is 1. The van der Waals surface area contributed by atoms with Gasteiger partial charge in [0.05, 0.1) is 18.5 Å². The minimum absolute atomic E-state index is 0.115. The van der Waals surface area contributed by atoms with Crippen molar-refractivity contribution in [2.24, 2.45) is 0 Å². The Kier molecular flexibility index (Phi) is 6.00. The van der Waals surface area contributed by atoms with Gasteiger partial charge in [-0.2, -0.15) is 10.2 Å². The third-order valence-corrected chi connectivity index (χ3v) is 6.52. The molecule has 0 radical (unpaired) electrons. The number of anilines is 1. The molecule has 34 heavy (non-hydrogen) atoms. The third-order valence-electron chi connectivity index (χ3n) is 6.52. The summed E-state index contributed by atoms with van der Waals surface area (Å²) in [6.07, 6.45) is 2.40. The minimum atomic E-state index is -0.699. The van der Waals surface area contributed by atoms with Gasteiger partial charge < -0.3 is 14.5 Å². The van der Waals surface area contributed by atoms with E-state index in [4.69, 9.17) is 4.74 Å². The van der Waals surface area contributed by atoms with Gasteiger partial charge in [0.15, 0.2) is 5.82 Å². The maximum Gasteiger partial charge on any atom is 0.267 e. The highest BCUT2D eigenvalue weighted by molar-refractivity contribution is 5.80. The minimum Gasteiger partial charge on any atom is -0.497 e. The summed E-state index contributed by atoms with van der Waals surface area (Å²) in [5.41, 5.74) is 2.24. The molecule has 2 aromatic heterocycles. The summed E-state index contributed by atoms with van der Waals surface area (Å²) in [6.45, 7) is 4.18. The summed E-state index contributed by atoms with van der Waals surface area (Å²) >= 11 is 0. The van der Waals surface area contributed by atoms with E-state index in [1.54, 1.807) is 25.0 Å².